The lowest BCUT2D eigenvalue weighted by molar-refractivity contribution is -0.138. The van der Waals surface area contributed by atoms with E-state index in [4.69, 9.17) is 17.3 Å². The second-order valence-electron chi connectivity index (χ2n) is 8.13. The van der Waals surface area contributed by atoms with E-state index in [-0.39, 0.29) is 48.7 Å². The van der Waals surface area contributed by atoms with E-state index in [0.29, 0.717) is 16.5 Å². The molecule has 4 rings (SSSR count). The van der Waals surface area contributed by atoms with E-state index < -0.39 is 29.8 Å². The average Bonchev–Trinajstić information content (AvgIpc) is 3.36. The van der Waals surface area contributed by atoms with Gasteiger partial charge in [0.2, 0.25) is 5.91 Å². The number of hydrogen-bond acceptors (Lipinski definition) is 3. The van der Waals surface area contributed by atoms with Crippen LogP contribution in [0.25, 0.3) is 10.9 Å². The molecule has 1 fully saturated rings. The minimum Gasteiger partial charge on any atom is -0.366 e. The molecular weight excluding hydrogens is 452 g/mol. The normalized spacial score (nSPS) is 18.1. The largest absolute Gasteiger partial charge is 0.366 e. The number of para-hydroxylation sites is 1. The van der Waals surface area contributed by atoms with Gasteiger partial charge in [0.05, 0.1) is 23.2 Å². The number of aryl methyl sites for hydroxylation is 1. The molecule has 1 aliphatic heterocycles. The van der Waals surface area contributed by atoms with E-state index in [1.165, 1.54) is 23.2 Å². The SMILES string of the molecule is NC(=O)c1cn(CC(=O)N2C[C@H](F)C[C@H]2C(=O)CCc2cccc(Cl)c2F)c2ccccc12. The summed E-state index contributed by atoms with van der Waals surface area (Å²) in [4.78, 5) is 38.9. The Labute approximate surface area is 193 Å². The first kappa shape index (κ1) is 22.9. The second kappa shape index (κ2) is 9.31. The summed E-state index contributed by atoms with van der Waals surface area (Å²) in [7, 11) is 0. The van der Waals surface area contributed by atoms with Crippen LogP contribution in [0.1, 0.15) is 28.8 Å². The number of likely N-dealkylation sites (tertiary alicyclic amines) is 1. The number of halogens is 3. The van der Waals surface area contributed by atoms with Crippen LogP contribution >= 0.6 is 11.6 Å². The van der Waals surface area contributed by atoms with Gasteiger partial charge in [0.25, 0.3) is 5.91 Å². The summed E-state index contributed by atoms with van der Waals surface area (Å²) in [6.45, 7) is -0.365. The van der Waals surface area contributed by atoms with Gasteiger partial charge in [-0.15, -0.1) is 0 Å². The number of benzene rings is 2. The van der Waals surface area contributed by atoms with E-state index in [0.717, 1.165) is 0 Å². The third-order valence-electron chi connectivity index (χ3n) is 5.97. The molecule has 2 N–H and O–H groups in total. The van der Waals surface area contributed by atoms with E-state index in [2.05, 4.69) is 0 Å². The molecule has 2 atom stereocenters. The Bertz CT molecular complexity index is 1240. The fourth-order valence-electron chi connectivity index (χ4n) is 4.34. The summed E-state index contributed by atoms with van der Waals surface area (Å²) in [6, 6.07) is 10.6. The molecular formula is C24H22ClF2N3O3. The van der Waals surface area contributed by atoms with Gasteiger partial charge in [-0.05, 0) is 24.1 Å². The van der Waals surface area contributed by atoms with Crippen LogP contribution in [-0.4, -0.2) is 45.8 Å². The number of amides is 2. The van der Waals surface area contributed by atoms with Crippen molar-refractivity contribution in [3.8, 4) is 0 Å². The highest BCUT2D eigenvalue weighted by molar-refractivity contribution is 6.30. The number of carbonyl (C=O) groups is 3. The van der Waals surface area contributed by atoms with Crippen molar-refractivity contribution in [2.24, 2.45) is 5.73 Å². The highest BCUT2D eigenvalue weighted by Gasteiger charge is 2.39. The molecule has 0 spiro atoms. The molecule has 2 heterocycles. The summed E-state index contributed by atoms with van der Waals surface area (Å²) in [5, 5.41) is 0.578. The van der Waals surface area contributed by atoms with Crippen LogP contribution in [0.5, 0.6) is 0 Å². The molecule has 2 amide bonds. The Kier molecular flexibility index (Phi) is 6.47. The molecule has 6 nitrogen and oxygen atoms in total. The molecule has 2 aromatic carbocycles. The first-order valence-corrected chi connectivity index (χ1v) is 10.9. The Balaban J connectivity index is 1.50. The Morgan fingerprint density at radius 3 is 2.64 bits per heavy atom. The molecule has 33 heavy (non-hydrogen) atoms. The van der Waals surface area contributed by atoms with E-state index >= 15 is 0 Å². The van der Waals surface area contributed by atoms with Crippen LogP contribution in [-0.2, 0) is 22.6 Å². The lowest BCUT2D eigenvalue weighted by Gasteiger charge is -2.24. The molecule has 1 aliphatic rings. The zero-order valence-corrected chi connectivity index (χ0v) is 18.4. The molecule has 1 saturated heterocycles. The van der Waals surface area contributed by atoms with Crippen molar-refractivity contribution in [2.45, 2.75) is 38.0 Å². The zero-order valence-electron chi connectivity index (χ0n) is 17.6. The predicted molar refractivity (Wildman–Crippen MR) is 120 cm³/mol. The molecule has 0 bridgehead atoms. The minimum atomic E-state index is -1.33. The quantitative estimate of drug-likeness (QED) is 0.568. The number of Topliss-reactive ketones (excluding diaryl/α,β-unsaturated/α-hetero) is 1. The van der Waals surface area contributed by atoms with Crippen molar-refractivity contribution >= 4 is 40.1 Å². The fraction of sp³-hybridized carbons (Fsp3) is 0.292. The third kappa shape index (κ3) is 4.61. The van der Waals surface area contributed by atoms with Gasteiger partial charge in [0, 0.05) is 29.9 Å². The van der Waals surface area contributed by atoms with Crippen LogP contribution in [0.4, 0.5) is 8.78 Å². The number of rotatable bonds is 7. The van der Waals surface area contributed by atoms with Crippen LogP contribution in [0, 0.1) is 5.82 Å². The van der Waals surface area contributed by atoms with Crippen LogP contribution < -0.4 is 5.73 Å². The van der Waals surface area contributed by atoms with Crippen LogP contribution in [0.15, 0.2) is 48.7 Å². The van der Waals surface area contributed by atoms with Gasteiger partial charge in [0.1, 0.15) is 18.5 Å². The maximum atomic E-state index is 14.2. The number of nitrogens with two attached hydrogens (primary N) is 1. The molecule has 0 aliphatic carbocycles. The van der Waals surface area contributed by atoms with Gasteiger partial charge in [-0.25, -0.2) is 8.78 Å². The monoisotopic (exact) mass is 473 g/mol. The second-order valence-corrected chi connectivity index (χ2v) is 8.53. The topological polar surface area (TPSA) is 85.4 Å². The molecule has 172 valence electrons. The van der Waals surface area contributed by atoms with Crippen molar-refractivity contribution in [1.29, 1.82) is 0 Å². The summed E-state index contributed by atoms with van der Waals surface area (Å²) < 4.78 is 29.9. The first-order chi connectivity index (χ1) is 15.8. The van der Waals surface area contributed by atoms with Gasteiger partial charge >= 0.3 is 0 Å². The van der Waals surface area contributed by atoms with E-state index in [1.54, 1.807) is 34.9 Å². The van der Waals surface area contributed by atoms with Gasteiger partial charge in [-0.1, -0.05) is 41.9 Å². The summed E-state index contributed by atoms with van der Waals surface area (Å²) in [5.74, 6) is -1.99. The van der Waals surface area contributed by atoms with Crippen molar-refractivity contribution in [3.05, 3.63) is 70.6 Å². The standard InChI is InChI=1S/C24H22ClF2N3O3/c25-18-6-3-4-14(23(18)27)8-9-21(31)20-10-15(26)11-30(20)22(32)13-29-12-17(24(28)33)16-5-1-2-7-19(16)29/h1-7,12,15,20H,8-11,13H2,(H2,28,33)/t15-,20+/m1/s1. The Hall–Kier alpha value is -3.26. The number of aromatic nitrogens is 1. The van der Waals surface area contributed by atoms with Crippen molar-refractivity contribution < 1.29 is 23.2 Å². The molecule has 0 radical (unpaired) electrons. The highest BCUT2D eigenvalue weighted by atomic mass is 35.5. The Morgan fingerprint density at radius 1 is 1.12 bits per heavy atom. The maximum absolute atomic E-state index is 14.2. The first-order valence-electron chi connectivity index (χ1n) is 10.5. The van der Waals surface area contributed by atoms with Gasteiger partial charge in [0.15, 0.2) is 5.78 Å². The summed E-state index contributed by atoms with van der Waals surface area (Å²) in [5.41, 5.74) is 6.65. The summed E-state index contributed by atoms with van der Waals surface area (Å²) >= 11 is 5.79. The van der Waals surface area contributed by atoms with Crippen molar-refractivity contribution in [3.63, 3.8) is 0 Å². The number of fused-ring (bicyclic) bond motifs is 1. The van der Waals surface area contributed by atoms with E-state index in [1.807, 2.05) is 0 Å². The Morgan fingerprint density at radius 2 is 1.88 bits per heavy atom. The third-order valence-corrected chi connectivity index (χ3v) is 6.27. The van der Waals surface area contributed by atoms with Crippen molar-refractivity contribution in [2.75, 3.05) is 6.54 Å². The predicted octanol–water partition coefficient (Wildman–Crippen LogP) is 3.67. The zero-order chi connectivity index (χ0) is 23.7. The number of ketones is 1. The average molecular weight is 474 g/mol. The lowest BCUT2D eigenvalue weighted by atomic mass is 10.0. The number of hydrogen-bond donors (Lipinski definition) is 1. The number of carbonyl (C=O) groups excluding carboxylic acids is 3. The number of nitrogens with zero attached hydrogens (tertiary/aromatic N) is 2. The van der Waals surface area contributed by atoms with Gasteiger partial charge < -0.3 is 15.2 Å². The van der Waals surface area contributed by atoms with Crippen LogP contribution in [0.2, 0.25) is 5.02 Å². The highest BCUT2D eigenvalue weighted by Crippen LogP contribution is 2.26. The number of alkyl halides is 1. The fourth-order valence-corrected chi connectivity index (χ4v) is 4.54. The lowest BCUT2D eigenvalue weighted by Crippen LogP contribution is -2.42. The maximum Gasteiger partial charge on any atom is 0.250 e. The molecule has 9 heteroatoms. The number of primary amides is 1. The summed E-state index contributed by atoms with van der Waals surface area (Å²) in [6.07, 6.45) is 0.129. The smallest absolute Gasteiger partial charge is 0.250 e. The van der Waals surface area contributed by atoms with Crippen LogP contribution in [0.3, 0.4) is 0 Å². The molecule has 3 aromatic rings. The molecule has 1 aromatic heterocycles. The van der Waals surface area contributed by atoms with Gasteiger partial charge in [-0.2, -0.15) is 0 Å². The molecule has 0 unspecified atom stereocenters. The minimum absolute atomic E-state index is 0.0317. The van der Waals surface area contributed by atoms with Gasteiger partial charge in [-0.3, -0.25) is 14.4 Å². The van der Waals surface area contributed by atoms with E-state index in [9.17, 15) is 23.2 Å². The molecule has 0 saturated carbocycles. The van der Waals surface area contributed by atoms with Crippen molar-refractivity contribution in [1.82, 2.24) is 9.47 Å².